The number of hydroxylamine groups is 1. The quantitative estimate of drug-likeness (QED) is 0.578. The monoisotopic (exact) mass is 395 g/mol. The smallest absolute Gasteiger partial charge is 0.119 e. The highest BCUT2D eigenvalue weighted by Crippen LogP contribution is 2.49. The molecule has 2 aliphatic heterocycles. The van der Waals surface area contributed by atoms with Crippen molar-refractivity contribution in [1.29, 1.82) is 0 Å². The molecule has 0 radical (unpaired) electrons. The van der Waals surface area contributed by atoms with Crippen molar-refractivity contribution in [2.75, 3.05) is 12.2 Å². The van der Waals surface area contributed by atoms with Crippen LogP contribution in [0.4, 0.5) is 5.69 Å². The maximum atomic E-state index is 6.29. The first-order chi connectivity index (χ1) is 12.2. The summed E-state index contributed by atoms with van der Waals surface area (Å²) in [7, 11) is 1.71. The minimum atomic E-state index is 0.214. The van der Waals surface area contributed by atoms with Crippen molar-refractivity contribution in [2.24, 2.45) is 0 Å². The molecule has 2 bridgehead atoms. The number of anilines is 1. The lowest BCUT2D eigenvalue weighted by molar-refractivity contribution is 0.0741. The zero-order valence-corrected chi connectivity index (χ0v) is 15.5. The van der Waals surface area contributed by atoms with Gasteiger partial charge in [0.05, 0.1) is 24.9 Å². The van der Waals surface area contributed by atoms with Gasteiger partial charge in [0.2, 0.25) is 0 Å². The lowest BCUT2D eigenvalue weighted by Gasteiger charge is -2.32. The first-order valence-electron chi connectivity index (χ1n) is 8.54. The van der Waals surface area contributed by atoms with Crippen LogP contribution in [0.2, 0.25) is 0 Å². The van der Waals surface area contributed by atoms with Gasteiger partial charge in [0.25, 0.3) is 0 Å². The second kappa shape index (κ2) is 5.75. The first-order valence-corrected chi connectivity index (χ1v) is 9.34. The van der Waals surface area contributed by atoms with E-state index in [1.165, 1.54) is 27.6 Å². The summed E-state index contributed by atoms with van der Waals surface area (Å²) >= 11 is 3.74. The molecule has 0 amide bonds. The Balaban J connectivity index is 1.68. The molecule has 0 N–H and O–H groups in total. The molecule has 0 aromatic heterocycles. The van der Waals surface area contributed by atoms with E-state index >= 15 is 0 Å². The fourth-order valence-electron chi connectivity index (χ4n) is 4.10. The lowest BCUT2D eigenvalue weighted by Crippen LogP contribution is -2.28. The van der Waals surface area contributed by atoms with E-state index in [1.54, 1.807) is 7.11 Å². The van der Waals surface area contributed by atoms with Gasteiger partial charge < -0.3 is 4.74 Å². The second-order valence-electron chi connectivity index (χ2n) is 6.70. The summed E-state index contributed by atoms with van der Waals surface area (Å²) in [5, 5.41) is 4.59. The summed E-state index contributed by atoms with van der Waals surface area (Å²) in [5.74, 6) is 0.890. The number of hydrogen-bond donors (Lipinski definition) is 0. The Kier molecular flexibility index (Phi) is 3.50. The molecule has 0 spiro atoms. The molecular formula is C21H18BrNO2. The van der Waals surface area contributed by atoms with Crippen LogP contribution in [0.1, 0.15) is 23.6 Å². The Morgan fingerprint density at radius 1 is 1.08 bits per heavy atom. The van der Waals surface area contributed by atoms with E-state index in [0.29, 0.717) is 0 Å². The average molecular weight is 396 g/mol. The van der Waals surface area contributed by atoms with Crippen LogP contribution in [-0.2, 0) is 11.3 Å². The molecule has 3 aromatic rings. The van der Waals surface area contributed by atoms with E-state index in [-0.39, 0.29) is 12.1 Å². The van der Waals surface area contributed by atoms with Crippen LogP contribution in [0, 0.1) is 0 Å². The number of methoxy groups -OCH3 is 1. The minimum absolute atomic E-state index is 0.214. The van der Waals surface area contributed by atoms with Gasteiger partial charge in [-0.2, -0.15) is 0 Å². The van der Waals surface area contributed by atoms with Crippen molar-refractivity contribution in [3.63, 3.8) is 0 Å². The molecule has 25 heavy (non-hydrogen) atoms. The Morgan fingerprint density at radius 3 is 2.76 bits per heavy atom. The topological polar surface area (TPSA) is 21.7 Å². The molecular weight excluding hydrogens is 378 g/mol. The molecule has 5 rings (SSSR count). The molecule has 4 heteroatoms. The Labute approximate surface area is 155 Å². The maximum Gasteiger partial charge on any atom is 0.119 e. The van der Waals surface area contributed by atoms with E-state index < -0.39 is 0 Å². The van der Waals surface area contributed by atoms with Crippen molar-refractivity contribution in [1.82, 2.24) is 0 Å². The second-order valence-corrected chi connectivity index (χ2v) is 7.55. The Bertz CT molecular complexity index is 971. The molecule has 2 atom stereocenters. The van der Waals surface area contributed by atoms with Crippen molar-refractivity contribution >= 4 is 32.4 Å². The third-order valence-electron chi connectivity index (χ3n) is 5.22. The molecule has 0 unspecified atom stereocenters. The highest BCUT2D eigenvalue weighted by Gasteiger charge is 2.41. The highest BCUT2D eigenvalue weighted by molar-refractivity contribution is 9.10. The van der Waals surface area contributed by atoms with Crippen LogP contribution in [0.5, 0.6) is 5.75 Å². The summed E-state index contributed by atoms with van der Waals surface area (Å²) in [4.78, 5) is 6.29. The number of benzene rings is 3. The Hall–Kier alpha value is -2.04. The number of rotatable bonds is 2. The molecule has 126 valence electrons. The van der Waals surface area contributed by atoms with Crippen LogP contribution < -0.4 is 9.80 Å². The summed E-state index contributed by atoms with van der Waals surface area (Å²) < 4.78 is 6.57. The van der Waals surface area contributed by atoms with Crippen molar-refractivity contribution in [2.45, 2.75) is 25.0 Å². The van der Waals surface area contributed by atoms with E-state index in [1.807, 2.05) is 6.07 Å². The SMILES string of the molecule is COc1cccc([C@@H]2C[C@@H]3Cc4cc(Br)c5ccccc5c4N2O3)c1. The number of hydrogen-bond acceptors (Lipinski definition) is 3. The van der Waals surface area contributed by atoms with Gasteiger partial charge in [-0.3, -0.25) is 4.84 Å². The zero-order chi connectivity index (χ0) is 17.0. The van der Waals surface area contributed by atoms with Gasteiger partial charge in [0.15, 0.2) is 0 Å². The number of ether oxygens (including phenoxy) is 1. The standard InChI is InChI=1S/C21H18BrNO2/c1-24-15-6-4-5-13(9-15)20-12-16-10-14-11-19(22)17-7-2-3-8-18(17)21(14)23(20)25-16/h2-9,11,16,20H,10,12H2,1H3/t16-,20-/m0/s1. The lowest BCUT2D eigenvalue weighted by atomic mass is 9.99. The van der Waals surface area contributed by atoms with Gasteiger partial charge >= 0.3 is 0 Å². The summed E-state index contributed by atoms with van der Waals surface area (Å²) in [6.45, 7) is 0. The molecule has 0 aliphatic carbocycles. The molecule has 2 heterocycles. The van der Waals surface area contributed by atoms with Gasteiger partial charge in [0, 0.05) is 22.7 Å². The average Bonchev–Trinajstić information content (AvgIpc) is 2.99. The summed E-state index contributed by atoms with van der Waals surface area (Å²) in [6.07, 6.45) is 2.18. The van der Waals surface area contributed by atoms with Crippen LogP contribution >= 0.6 is 15.9 Å². The summed E-state index contributed by atoms with van der Waals surface area (Å²) in [6, 6.07) is 19.3. The van der Waals surface area contributed by atoms with Crippen LogP contribution in [0.3, 0.4) is 0 Å². The van der Waals surface area contributed by atoms with Gasteiger partial charge in [-0.1, -0.05) is 52.3 Å². The molecule has 3 aromatic carbocycles. The van der Waals surface area contributed by atoms with Crippen LogP contribution in [-0.4, -0.2) is 13.2 Å². The first kappa shape index (κ1) is 15.2. The van der Waals surface area contributed by atoms with Gasteiger partial charge in [-0.05, 0) is 34.7 Å². The summed E-state index contributed by atoms with van der Waals surface area (Å²) in [5.41, 5.74) is 3.80. The largest absolute Gasteiger partial charge is 0.497 e. The number of nitrogens with zero attached hydrogens (tertiary/aromatic N) is 1. The van der Waals surface area contributed by atoms with Crippen LogP contribution in [0.15, 0.2) is 59.1 Å². The zero-order valence-electron chi connectivity index (χ0n) is 13.9. The molecule has 0 saturated carbocycles. The van der Waals surface area contributed by atoms with Gasteiger partial charge in [-0.15, -0.1) is 0 Å². The predicted octanol–water partition coefficient (Wildman–Crippen LogP) is 5.42. The molecule has 2 aliphatic rings. The normalized spacial score (nSPS) is 21.4. The van der Waals surface area contributed by atoms with Crippen molar-refractivity contribution in [3.8, 4) is 5.75 Å². The van der Waals surface area contributed by atoms with Crippen molar-refractivity contribution in [3.05, 3.63) is 70.2 Å². The molecule has 3 nitrogen and oxygen atoms in total. The Morgan fingerprint density at radius 2 is 1.92 bits per heavy atom. The van der Waals surface area contributed by atoms with Crippen LogP contribution in [0.25, 0.3) is 10.8 Å². The molecule has 1 saturated heterocycles. The third kappa shape index (κ3) is 2.35. The van der Waals surface area contributed by atoms with E-state index in [2.05, 4.69) is 69.5 Å². The van der Waals surface area contributed by atoms with Crippen molar-refractivity contribution < 1.29 is 9.57 Å². The predicted molar refractivity (Wildman–Crippen MR) is 103 cm³/mol. The van der Waals surface area contributed by atoms with Gasteiger partial charge in [0.1, 0.15) is 5.75 Å². The third-order valence-corrected chi connectivity index (χ3v) is 5.88. The number of fused-ring (bicyclic) bond motifs is 6. The van der Waals surface area contributed by atoms with E-state index in [0.717, 1.165) is 23.1 Å². The highest BCUT2D eigenvalue weighted by atomic mass is 79.9. The van der Waals surface area contributed by atoms with Gasteiger partial charge in [-0.25, -0.2) is 5.06 Å². The van der Waals surface area contributed by atoms with E-state index in [9.17, 15) is 0 Å². The van der Waals surface area contributed by atoms with E-state index in [4.69, 9.17) is 9.57 Å². The fraction of sp³-hybridized carbons (Fsp3) is 0.238. The minimum Gasteiger partial charge on any atom is -0.497 e. The molecule has 1 fully saturated rings. The maximum absolute atomic E-state index is 6.29. The number of halogens is 1. The fourth-order valence-corrected chi connectivity index (χ4v) is 4.72.